The minimum atomic E-state index is 0.303. The molecule has 0 radical (unpaired) electrons. The van der Waals surface area contributed by atoms with Gasteiger partial charge in [0.15, 0.2) is 0 Å². The van der Waals surface area contributed by atoms with Crippen LogP contribution in [0.5, 0.6) is 0 Å². The molecule has 2 unspecified atom stereocenters. The minimum absolute atomic E-state index is 0.303. The molecule has 1 aromatic heterocycles. The number of nitrogens with zero attached hydrogens (tertiary/aromatic N) is 3. The lowest BCUT2D eigenvalue weighted by molar-refractivity contribution is -0.0262. The van der Waals surface area contributed by atoms with E-state index in [1.54, 1.807) is 0 Å². The molecule has 1 saturated heterocycles. The Hall–Kier alpha value is -0.910. The highest BCUT2D eigenvalue weighted by molar-refractivity contribution is 5.09. The van der Waals surface area contributed by atoms with Gasteiger partial charge in [0.05, 0.1) is 18.9 Å². The van der Waals surface area contributed by atoms with Gasteiger partial charge < -0.3 is 10.1 Å². The summed E-state index contributed by atoms with van der Waals surface area (Å²) in [6.45, 7) is 12.4. The van der Waals surface area contributed by atoms with Crippen LogP contribution < -0.4 is 5.32 Å². The third-order valence-corrected chi connectivity index (χ3v) is 3.80. The van der Waals surface area contributed by atoms with Crippen LogP contribution in [-0.4, -0.2) is 53.6 Å². The first-order valence-corrected chi connectivity index (χ1v) is 7.32. The first-order chi connectivity index (χ1) is 9.22. The Labute approximate surface area is 115 Å². The molecular formula is C14H26N4O. The molecule has 2 rings (SSSR count). The van der Waals surface area contributed by atoms with Crippen molar-refractivity contribution in [1.82, 2.24) is 20.0 Å². The summed E-state index contributed by atoms with van der Waals surface area (Å²) in [5.74, 6) is 0. The van der Waals surface area contributed by atoms with Crippen molar-refractivity contribution in [3.8, 4) is 0 Å². The molecule has 1 N–H and O–H groups in total. The van der Waals surface area contributed by atoms with Gasteiger partial charge in [-0.05, 0) is 20.4 Å². The van der Waals surface area contributed by atoms with E-state index in [2.05, 4.69) is 42.3 Å². The second-order valence-electron chi connectivity index (χ2n) is 5.15. The van der Waals surface area contributed by atoms with Crippen molar-refractivity contribution in [3.63, 3.8) is 0 Å². The van der Waals surface area contributed by atoms with E-state index in [9.17, 15) is 0 Å². The fourth-order valence-corrected chi connectivity index (χ4v) is 2.39. The molecule has 0 amide bonds. The molecule has 5 heteroatoms. The molecule has 1 aromatic rings. The van der Waals surface area contributed by atoms with Gasteiger partial charge in [-0.2, -0.15) is 5.10 Å². The van der Waals surface area contributed by atoms with Crippen molar-refractivity contribution in [2.45, 2.75) is 39.5 Å². The maximum absolute atomic E-state index is 5.80. The van der Waals surface area contributed by atoms with Gasteiger partial charge in [-0.3, -0.25) is 9.58 Å². The van der Waals surface area contributed by atoms with Crippen LogP contribution in [-0.2, 0) is 11.3 Å². The van der Waals surface area contributed by atoms with Gasteiger partial charge in [-0.15, -0.1) is 0 Å². The standard InChI is InChI=1S/C14H26N4O/c1-4-17-6-7-19-14(11-17)9-15-12(3)13-8-16-18(5-2)10-13/h8,10,12,14-15H,4-7,9,11H2,1-3H3. The number of nitrogens with one attached hydrogen (secondary N) is 1. The zero-order valence-corrected chi connectivity index (χ0v) is 12.3. The minimum Gasteiger partial charge on any atom is -0.374 e. The van der Waals surface area contributed by atoms with Gasteiger partial charge in [-0.1, -0.05) is 6.92 Å². The number of aryl methyl sites for hydroxylation is 1. The second kappa shape index (κ2) is 7.03. The molecule has 0 aliphatic carbocycles. The molecule has 5 nitrogen and oxygen atoms in total. The highest BCUT2D eigenvalue weighted by Gasteiger charge is 2.19. The Kier molecular flexibility index (Phi) is 5.36. The van der Waals surface area contributed by atoms with Crippen LogP contribution in [0.1, 0.15) is 32.4 Å². The van der Waals surface area contributed by atoms with Crippen LogP contribution in [0.3, 0.4) is 0 Å². The van der Waals surface area contributed by atoms with Crippen molar-refractivity contribution >= 4 is 0 Å². The van der Waals surface area contributed by atoms with Crippen LogP contribution in [0.2, 0.25) is 0 Å². The van der Waals surface area contributed by atoms with E-state index < -0.39 is 0 Å². The molecule has 0 saturated carbocycles. The van der Waals surface area contributed by atoms with Gasteiger partial charge in [0.25, 0.3) is 0 Å². The van der Waals surface area contributed by atoms with Crippen LogP contribution in [0.25, 0.3) is 0 Å². The number of aromatic nitrogens is 2. The van der Waals surface area contributed by atoms with E-state index in [0.29, 0.717) is 12.1 Å². The van der Waals surface area contributed by atoms with Gasteiger partial charge in [0.1, 0.15) is 0 Å². The van der Waals surface area contributed by atoms with Crippen molar-refractivity contribution in [1.29, 1.82) is 0 Å². The van der Waals surface area contributed by atoms with E-state index in [0.717, 1.165) is 39.3 Å². The third-order valence-electron chi connectivity index (χ3n) is 3.80. The average molecular weight is 266 g/mol. The predicted molar refractivity (Wildman–Crippen MR) is 76.2 cm³/mol. The largest absolute Gasteiger partial charge is 0.374 e. The lowest BCUT2D eigenvalue weighted by Crippen LogP contribution is -2.46. The quantitative estimate of drug-likeness (QED) is 0.842. The molecule has 1 aliphatic rings. The molecule has 108 valence electrons. The van der Waals surface area contributed by atoms with E-state index in [-0.39, 0.29) is 0 Å². The summed E-state index contributed by atoms with van der Waals surface area (Å²) in [7, 11) is 0. The fraction of sp³-hybridized carbons (Fsp3) is 0.786. The normalized spacial score (nSPS) is 22.6. The van der Waals surface area contributed by atoms with Crippen molar-refractivity contribution < 1.29 is 4.74 Å². The zero-order chi connectivity index (χ0) is 13.7. The summed E-state index contributed by atoms with van der Waals surface area (Å²) >= 11 is 0. The fourth-order valence-electron chi connectivity index (χ4n) is 2.39. The summed E-state index contributed by atoms with van der Waals surface area (Å²) in [6.07, 6.45) is 4.36. The molecule has 0 aromatic carbocycles. The van der Waals surface area contributed by atoms with E-state index in [1.807, 2.05) is 10.9 Å². The van der Waals surface area contributed by atoms with Gasteiger partial charge in [0.2, 0.25) is 0 Å². The van der Waals surface area contributed by atoms with Gasteiger partial charge in [-0.25, -0.2) is 0 Å². The van der Waals surface area contributed by atoms with Crippen LogP contribution in [0.4, 0.5) is 0 Å². The zero-order valence-electron chi connectivity index (χ0n) is 12.3. The molecule has 2 atom stereocenters. The number of ether oxygens (including phenoxy) is 1. The maximum Gasteiger partial charge on any atom is 0.0826 e. The summed E-state index contributed by atoms with van der Waals surface area (Å²) in [5, 5.41) is 7.86. The molecule has 1 aliphatic heterocycles. The number of hydrogen-bond donors (Lipinski definition) is 1. The highest BCUT2D eigenvalue weighted by atomic mass is 16.5. The number of hydrogen-bond acceptors (Lipinski definition) is 4. The van der Waals surface area contributed by atoms with Gasteiger partial charge in [0, 0.05) is 44.0 Å². The number of rotatable bonds is 6. The Morgan fingerprint density at radius 3 is 3.00 bits per heavy atom. The van der Waals surface area contributed by atoms with Crippen LogP contribution >= 0.6 is 0 Å². The van der Waals surface area contributed by atoms with E-state index >= 15 is 0 Å². The monoisotopic (exact) mass is 266 g/mol. The first-order valence-electron chi connectivity index (χ1n) is 7.32. The Balaban J connectivity index is 1.78. The van der Waals surface area contributed by atoms with Crippen molar-refractivity contribution in [2.24, 2.45) is 0 Å². The average Bonchev–Trinajstić information content (AvgIpc) is 2.94. The topological polar surface area (TPSA) is 42.3 Å². The summed E-state index contributed by atoms with van der Waals surface area (Å²) in [6, 6.07) is 0.320. The number of likely N-dealkylation sites (N-methyl/N-ethyl adjacent to an activating group) is 1. The lowest BCUT2D eigenvalue weighted by Gasteiger charge is -2.32. The summed E-state index contributed by atoms with van der Waals surface area (Å²) < 4.78 is 7.76. The molecule has 2 heterocycles. The SMILES string of the molecule is CCN1CCOC(CNC(C)c2cnn(CC)c2)C1. The maximum atomic E-state index is 5.80. The van der Waals surface area contributed by atoms with Crippen molar-refractivity contribution in [3.05, 3.63) is 18.0 Å². The van der Waals surface area contributed by atoms with E-state index in [4.69, 9.17) is 4.74 Å². The van der Waals surface area contributed by atoms with E-state index in [1.165, 1.54) is 5.56 Å². The predicted octanol–water partition coefficient (Wildman–Crippen LogP) is 1.27. The Morgan fingerprint density at radius 2 is 2.32 bits per heavy atom. The molecule has 0 bridgehead atoms. The molecule has 1 fully saturated rings. The van der Waals surface area contributed by atoms with Crippen LogP contribution in [0.15, 0.2) is 12.4 Å². The third kappa shape index (κ3) is 4.03. The van der Waals surface area contributed by atoms with Gasteiger partial charge >= 0.3 is 0 Å². The Bertz CT molecular complexity index is 379. The number of morpholine rings is 1. The first kappa shape index (κ1) is 14.5. The smallest absolute Gasteiger partial charge is 0.0826 e. The van der Waals surface area contributed by atoms with Crippen LogP contribution in [0, 0.1) is 0 Å². The molecule has 0 spiro atoms. The molecule has 19 heavy (non-hydrogen) atoms. The highest BCUT2D eigenvalue weighted by Crippen LogP contribution is 2.12. The second-order valence-corrected chi connectivity index (χ2v) is 5.15. The van der Waals surface area contributed by atoms with Crippen molar-refractivity contribution in [2.75, 3.05) is 32.8 Å². The lowest BCUT2D eigenvalue weighted by atomic mass is 10.2. The molecular weight excluding hydrogens is 240 g/mol. The summed E-state index contributed by atoms with van der Waals surface area (Å²) in [4.78, 5) is 2.44. The summed E-state index contributed by atoms with van der Waals surface area (Å²) in [5.41, 5.74) is 1.24. The Morgan fingerprint density at radius 1 is 1.47 bits per heavy atom.